The molecule has 0 amide bonds. The molecule has 0 N–H and O–H groups in total. The molecule has 2 aromatic rings. The van der Waals surface area contributed by atoms with Gasteiger partial charge in [0.1, 0.15) is 0 Å². The Morgan fingerprint density at radius 1 is 0.909 bits per heavy atom. The molecular formula is C19H21N3. The maximum absolute atomic E-state index is 4.79. The third kappa shape index (κ3) is 2.41. The minimum absolute atomic E-state index is 0.413. The van der Waals surface area contributed by atoms with Crippen molar-refractivity contribution >= 4 is 5.84 Å². The van der Waals surface area contributed by atoms with Crippen molar-refractivity contribution in [1.29, 1.82) is 0 Å². The lowest BCUT2D eigenvalue weighted by atomic mass is 10.0. The van der Waals surface area contributed by atoms with E-state index in [2.05, 4.69) is 46.3 Å². The lowest BCUT2D eigenvalue weighted by molar-refractivity contribution is 0.318. The number of aromatic nitrogens is 1. The minimum Gasteiger partial charge on any atom is -0.346 e. The van der Waals surface area contributed by atoms with Gasteiger partial charge in [0.25, 0.3) is 0 Å². The highest BCUT2D eigenvalue weighted by atomic mass is 15.3. The number of pyridine rings is 1. The van der Waals surface area contributed by atoms with Crippen LogP contribution in [0.3, 0.4) is 0 Å². The number of aliphatic imine (C=N–C) groups is 1. The molecule has 0 spiro atoms. The maximum Gasteiger partial charge on any atom is 0.0999 e. The molecule has 112 valence electrons. The number of amidine groups is 1. The van der Waals surface area contributed by atoms with E-state index in [1.165, 1.54) is 36.2 Å². The average molecular weight is 291 g/mol. The summed E-state index contributed by atoms with van der Waals surface area (Å²) in [4.78, 5) is 11.7. The monoisotopic (exact) mass is 291 g/mol. The molecule has 0 aliphatic carbocycles. The van der Waals surface area contributed by atoms with Crippen LogP contribution in [-0.2, 0) is 0 Å². The zero-order valence-electron chi connectivity index (χ0n) is 12.7. The molecule has 1 saturated heterocycles. The van der Waals surface area contributed by atoms with Gasteiger partial charge in [0.2, 0.25) is 0 Å². The maximum atomic E-state index is 4.79. The van der Waals surface area contributed by atoms with E-state index >= 15 is 0 Å². The average Bonchev–Trinajstić information content (AvgIpc) is 3.25. The van der Waals surface area contributed by atoms with E-state index in [9.17, 15) is 0 Å². The van der Waals surface area contributed by atoms with Crippen LogP contribution in [0.4, 0.5) is 0 Å². The third-order valence-corrected chi connectivity index (χ3v) is 4.79. The molecule has 0 saturated carbocycles. The summed E-state index contributed by atoms with van der Waals surface area (Å²) in [6, 6.07) is 16.0. The zero-order valence-corrected chi connectivity index (χ0v) is 12.7. The van der Waals surface area contributed by atoms with Crippen LogP contribution < -0.4 is 0 Å². The van der Waals surface area contributed by atoms with E-state index < -0.39 is 0 Å². The lowest BCUT2D eigenvalue weighted by Crippen LogP contribution is -2.31. The van der Waals surface area contributed by atoms with Gasteiger partial charge in [-0.3, -0.25) is 9.98 Å². The Morgan fingerprint density at radius 2 is 1.68 bits per heavy atom. The topological polar surface area (TPSA) is 28.5 Å². The lowest BCUT2D eigenvalue weighted by Gasteiger charge is -2.33. The SMILES string of the molecule is c1ccc([C@H]2CC[C@H](c3cccnc3)N2C2=NCCC2)cc1. The fourth-order valence-corrected chi connectivity index (χ4v) is 3.81. The second-order valence-corrected chi connectivity index (χ2v) is 6.11. The van der Waals surface area contributed by atoms with Crippen molar-refractivity contribution in [2.24, 2.45) is 4.99 Å². The number of hydrogen-bond acceptors (Lipinski definition) is 3. The number of benzene rings is 1. The molecule has 0 bridgehead atoms. The highest BCUT2D eigenvalue weighted by Crippen LogP contribution is 2.45. The Kier molecular flexibility index (Phi) is 3.63. The van der Waals surface area contributed by atoms with E-state index in [1.807, 2.05) is 18.5 Å². The van der Waals surface area contributed by atoms with Crippen LogP contribution in [0.2, 0.25) is 0 Å². The van der Waals surface area contributed by atoms with E-state index in [0.717, 1.165) is 13.0 Å². The second-order valence-electron chi connectivity index (χ2n) is 6.11. The summed E-state index contributed by atoms with van der Waals surface area (Å²) in [5, 5.41) is 0. The van der Waals surface area contributed by atoms with Crippen molar-refractivity contribution in [3.05, 3.63) is 66.0 Å². The standard InChI is InChI=1S/C19H21N3/c1-2-6-15(7-3-1)17-10-11-18(16-8-4-12-20-14-16)22(17)19-9-5-13-21-19/h1-4,6-8,12,14,17-18H,5,9-11,13H2/t17-,18-/m1/s1. The van der Waals surface area contributed by atoms with Gasteiger partial charge in [0, 0.05) is 25.4 Å². The fraction of sp³-hybridized carbons (Fsp3) is 0.368. The first-order valence-corrected chi connectivity index (χ1v) is 8.20. The van der Waals surface area contributed by atoms with Crippen LogP contribution >= 0.6 is 0 Å². The van der Waals surface area contributed by atoms with Crippen LogP contribution in [0.5, 0.6) is 0 Å². The van der Waals surface area contributed by atoms with Gasteiger partial charge in [-0.2, -0.15) is 0 Å². The van der Waals surface area contributed by atoms with E-state index in [4.69, 9.17) is 4.99 Å². The molecular weight excluding hydrogens is 270 g/mol. The normalized spacial score (nSPS) is 24.5. The summed E-state index contributed by atoms with van der Waals surface area (Å²) in [6.07, 6.45) is 8.52. The molecule has 22 heavy (non-hydrogen) atoms. The van der Waals surface area contributed by atoms with Gasteiger partial charge >= 0.3 is 0 Å². The van der Waals surface area contributed by atoms with Crippen LogP contribution in [0.15, 0.2) is 59.9 Å². The number of nitrogens with zero attached hydrogens (tertiary/aromatic N) is 3. The quantitative estimate of drug-likeness (QED) is 0.831. The molecule has 3 heteroatoms. The first-order chi connectivity index (χ1) is 10.9. The fourth-order valence-electron chi connectivity index (χ4n) is 3.81. The molecule has 3 heterocycles. The zero-order chi connectivity index (χ0) is 14.8. The molecule has 2 aliphatic heterocycles. The van der Waals surface area contributed by atoms with Gasteiger partial charge in [-0.25, -0.2) is 0 Å². The smallest absolute Gasteiger partial charge is 0.0999 e. The molecule has 0 unspecified atom stereocenters. The highest BCUT2D eigenvalue weighted by Gasteiger charge is 2.37. The Labute approximate surface area is 131 Å². The van der Waals surface area contributed by atoms with Gasteiger partial charge < -0.3 is 4.90 Å². The van der Waals surface area contributed by atoms with Crippen LogP contribution in [0, 0.1) is 0 Å². The van der Waals surface area contributed by atoms with Crippen molar-refractivity contribution in [3.8, 4) is 0 Å². The molecule has 4 rings (SSSR count). The van der Waals surface area contributed by atoms with Gasteiger partial charge in [0.05, 0.1) is 17.9 Å². The van der Waals surface area contributed by atoms with Crippen molar-refractivity contribution in [1.82, 2.24) is 9.88 Å². The van der Waals surface area contributed by atoms with Crippen molar-refractivity contribution in [3.63, 3.8) is 0 Å². The summed E-state index contributed by atoms with van der Waals surface area (Å²) >= 11 is 0. The molecule has 0 radical (unpaired) electrons. The van der Waals surface area contributed by atoms with Gasteiger partial charge in [-0.05, 0) is 36.5 Å². The molecule has 2 aliphatic rings. The Balaban J connectivity index is 1.71. The summed E-state index contributed by atoms with van der Waals surface area (Å²) in [5.41, 5.74) is 2.72. The summed E-state index contributed by atoms with van der Waals surface area (Å²) in [7, 11) is 0. The van der Waals surface area contributed by atoms with Gasteiger partial charge in [-0.1, -0.05) is 36.4 Å². The molecule has 1 fully saturated rings. The first-order valence-electron chi connectivity index (χ1n) is 8.20. The molecule has 3 nitrogen and oxygen atoms in total. The Morgan fingerprint density at radius 3 is 2.36 bits per heavy atom. The summed E-state index contributed by atoms with van der Waals surface area (Å²) in [5.74, 6) is 1.29. The van der Waals surface area contributed by atoms with Crippen LogP contribution in [0.1, 0.15) is 48.9 Å². The van der Waals surface area contributed by atoms with Crippen molar-refractivity contribution < 1.29 is 0 Å². The molecule has 1 aromatic carbocycles. The molecule has 1 aromatic heterocycles. The van der Waals surface area contributed by atoms with Crippen molar-refractivity contribution in [2.75, 3.05) is 6.54 Å². The number of rotatable bonds is 2. The van der Waals surface area contributed by atoms with Gasteiger partial charge in [-0.15, -0.1) is 0 Å². The number of likely N-dealkylation sites (tertiary alicyclic amines) is 1. The van der Waals surface area contributed by atoms with Crippen LogP contribution in [0.25, 0.3) is 0 Å². The summed E-state index contributed by atoms with van der Waals surface area (Å²) in [6.45, 7) is 0.979. The Bertz CT molecular complexity index is 603. The third-order valence-electron chi connectivity index (χ3n) is 4.79. The summed E-state index contributed by atoms with van der Waals surface area (Å²) < 4.78 is 0. The molecule has 2 atom stereocenters. The largest absolute Gasteiger partial charge is 0.346 e. The van der Waals surface area contributed by atoms with Crippen molar-refractivity contribution in [2.45, 2.75) is 37.8 Å². The number of hydrogen-bond donors (Lipinski definition) is 0. The van der Waals surface area contributed by atoms with E-state index in [-0.39, 0.29) is 0 Å². The Hall–Kier alpha value is -2.16. The van der Waals surface area contributed by atoms with Gasteiger partial charge in [0.15, 0.2) is 0 Å². The first kappa shape index (κ1) is 13.5. The highest BCUT2D eigenvalue weighted by molar-refractivity contribution is 5.85. The predicted octanol–water partition coefficient (Wildman–Crippen LogP) is 4.15. The van der Waals surface area contributed by atoms with E-state index in [0.29, 0.717) is 12.1 Å². The predicted molar refractivity (Wildman–Crippen MR) is 88.8 cm³/mol. The van der Waals surface area contributed by atoms with Crippen LogP contribution in [-0.4, -0.2) is 22.3 Å². The minimum atomic E-state index is 0.413. The van der Waals surface area contributed by atoms with E-state index in [1.54, 1.807) is 0 Å². The second kappa shape index (κ2) is 5.91.